The van der Waals surface area contributed by atoms with E-state index in [0.717, 1.165) is 5.56 Å². The molecule has 0 aliphatic heterocycles. The molecule has 2 N–H and O–H groups in total. The van der Waals surface area contributed by atoms with E-state index in [0.29, 0.717) is 0 Å². The highest BCUT2D eigenvalue weighted by Gasteiger charge is 2.08. The zero-order valence-electron chi connectivity index (χ0n) is 10.9. The van der Waals surface area contributed by atoms with Gasteiger partial charge in [-0.2, -0.15) is 16.8 Å². The van der Waals surface area contributed by atoms with E-state index in [4.69, 9.17) is 9.11 Å². The molecule has 1 heterocycles. The lowest BCUT2D eigenvalue weighted by Crippen LogP contribution is -1.99. The molecule has 2 rings (SSSR count). The molecule has 0 radical (unpaired) electrons. The van der Waals surface area contributed by atoms with Crippen molar-refractivity contribution in [2.45, 2.75) is 16.8 Å². The summed E-state index contributed by atoms with van der Waals surface area (Å²) in [5, 5.41) is -0.324. The minimum absolute atomic E-state index is 0.0666. The minimum atomic E-state index is -4.11. The largest absolute Gasteiger partial charge is 0.312 e. The average molecular weight is 331 g/mol. The lowest BCUT2D eigenvalue weighted by molar-refractivity contribution is 0.478. The Morgan fingerprint density at radius 1 is 0.857 bits per heavy atom. The highest BCUT2D eigenvalue weighted by atomic mass is 32.2. The second kappa shape index (κ2) is 6.76. The van der Waals surface area contributed by atoms with Crippen LogP contribution in [0.25, 0.3) is 0 Å². The van der Waals surface area contributed by atoms with Crippen LogP contribution in [0.15, 0.2) is 58.6 Å². The van der Waals surface area contributed by atoms with E-state index in [1.165, 1.54) is 30.5 Å². The normalized spacial score (nSPS) is 11.4. The van der Waals surface area contributed by atoms with E-state index in [2.05, 4.69) is 4.98 Å². The van der Waals surface area contributed by atoms with Gasteiger partial charge in [0.25, 0.3) is 10.1 Å². The second-order valence-corrected chi connectivity index (χ2v) is 6.72. The summed E-state index contributed by atoms with van der Waals surface area (Å²) in [5.74, 6) is 0. The summed E-state index contributed by atoms with van der Waals surface area (Å²) in [7, 11) is -8.13. The number of aryl methyl sites for hydroxylation is 1. The molecule has 0 bridgehead atoms. The molecule has 0 unspecified atom stereocenters. The molecule has 1 aromatic carbocycles. The molecular formula is C12H13NO6S2. The molecule has 114 valence electrons. The summed E-state index contributed by atoms with van der Waals surface area (Å²) in [5.41, 5.74) is 0.956. The molecule has 9 heteroatoms. The quantitative estimate of drug-likeness (QED) is 0.801. The smallest absolute Gasteiger partial charge is 0.282 e. The van der Waals surface area contributed by atoms with Crippen LogP contribution in [0.2, 0.25) is 0 Å². The van der Waals surface area contributed by atoms with Gasteiger partial charge in [0.05, 0.1) is 4.90 Å². The van der Waals surface area contributed by atoms with Crippen LogP contribution in [0, 0.1) is 6.92 Å². The third-order valence-corrected chi connectivity index (χ3v) is 3.86. The van der Waals surface area contributed by atoms with E-state index < -0.39 is 20.2 Å². The Bertz CT molecular complexity index is 783. The fourth-order valence-corrected chi connectivity index (χ4v) is 2.13. The van der Waals surface area contributed by atoms with E-state index in [-0.39, 0.29) is 9.92 Å². The van der Waals surface area contributed by atoms with Gasteiger partial charge in [-0.25, -0.2) is 4.98 Å². The molecule has 0 fully saturated rings. The number of hydrogen-bond acceptors (Lipinski definition) is 5. The zero-order valence-corrected chi connectivity index (χ0v) is 12.5. The number of aromatic nitrogens is 1. The molecule has 1 aromatic heterocycles. The highest BCUT2D eigenvalue weighted by Crippen LogP contribution is 2.08. The fourth-order valence-electron chi connectivity index (χ4n) is 1.21. The van der Waals surface area contributed by atoms with Gasteiger partial charge in [0, 0.05) is 6.20 Å². The van der Waals surface area contributed by atoms with Crippen molar-refractivity contribution < 1.29 is 25.9 Å². The first kappa shape index (κ1) is 17.2. The van der Waals surface area contributed by atoms with E-state index >= 15 is 0 Å². The third-order valence-electron chi connectivity index (χ3n) is 2.22. The number of hydrogen-bond donors (Lipinski definition) is 2. The van der Waals surface area contributed by atoms with E-state index in [1.54, 1.807) is 18.2 Å². The van der Waals surface area contributed by atoms with Crippen molar-refractivity contribution in [3.63, 3.8) is 0 Å². The van der Waals surface area contributed by atoms with Crippen LogP contribution in [-0.2, 0) is 20.2 Å². The minimum Gasteiger partial charge on any atom is -0.282 e. The van der Waals surface area contributed by atoms with Crippen molar-refractivity contribution in [2.24, 2.45) is 0 Å². The maximum Gasteiger partial charge on any atom is 0.312 e. The van der Waals surface area contributed by atoms with Crippen LogP contribution in [0.4, 0.5) is 0 Å². The van der Waals surface area contributed by atoms with Crippen LogP contribution in [0.1, 0.15) is 5.56 Å². The van der Waals surface area contributed by atoms with Crippen LogP contribution in [-0.4, -0.2) is 30.9 Å². The predicted molar refractivity (Wildman–Crippen MR) is 75.0 cm³/mol. The molecule has 0 saturated carbocycles. The van der Waals surface area contributed by atoms with Crippen molar-refractivity contribution in [1.82, 2.24) is 4.98 Å². The molecule has 0 aliphatic carbocycles. The van der Waals surface area contributed by atoms with Crippen molar-refractivity contribution in [3.05, 3.63) is 54.2 Å². The molecule has 2 aromatic rings. The SMILES string of the molecule is Cc1ccc(S(=O)(=O)O)cc1.O=S(=O)(O)c1ccccn1. The molecule has 21 heavy (non-hydrogen) atoms. The molecule has 0 spiro atoms. The summed E-state index contributed by atoms with van der Waals surface area (Å²) in [6, 6.07) is 10.3. The highest BCUT2D eigenvalue weighted by molar-refractivity contribution is 7.86. The number of benzene rings is 1. The zero-order chi connectivity index (χ0) is 16.1. The van der Waals surface area contributed by atoms with Gasteiger partial charge in [0.15, 0.2) is 5.03 Å². The average Bonchev–Trinajstić information content (AvgIpc) is 2.39. The standard InChI is InChI=1S/C7H8O3S.C5H5NO3S/c1-6-2-4-7(5-3-6)11(8,9)10;7-10(8,9)5-3-1-2-4-6-5/h2-5H,1H3,(H,8,9,10);1-4H,(H,7,8,9). The van der Waals surface area contributed by atoms with Crippen molar-refractivity contribution in [3.8, 4) is 0 Å². The van der Waals surface area contributed by atoms with Gasteiger partial charge in [-0.05, 0) is 31.2 Å². The molecule has 0 amide bonds. The number of nitrogens with zero attached hydrogens (tertiary/aromatic N) is 1. The summed E-state index contributed by atoms with van der Waals surface area (Å²) in [6.07, 6.45) is 1.29. The van der Waals surface area contributed by atoms with E-state index in [1.807, 2.05) is 6.92 Å². The molecule has 0 saturated heterocycles. The Morgan fingerprint density at radius 3 is 1.76 bits per heavy atom. The molecular weight excluding hydrogens is 318 g/mol. The van der Waals surface area contributed by atoms with Crippen LogP contribution in [0.3, 0.4) is 0 Å². The Morgan fingerprint density at radius 2 is 1.43 bits per heavy atom. The monoisotopic (exact) mass is 331 g/mol. The van der Waals surface area contributed by atoms with Gasteiger partial charge in [0.1, 0.15) is 0 Å². The summed E-state index contributed by atoms with van der Waals surface area (Å²) in [6.45, 7) is 1.84. The van der Waals surface area contributed by atoms with Crippen LogP contribution in [0.5, 0.6) is 0 Å². The Balaban J connectivity index is 0.000000211. The van der Waals surface area contributed by atoms with Crippen molar-refractivity contribution in [1.29, 1.82) is 0 Å². The Labute approximate surface area is 122 Å². The lowest BCUT2D eigenvalue weighted by Gasteiger charge is -1.95. The van der Waals surface area contributed by atoms with E-state index in [9.17, 15) is 16.8 Å². The topological polar surface area (TPSA) is 122 Å². The van der Waals surface area contributed by atoms with Crippen molar-refractivity contribution in [2.75, 3.05) is 0 Å². The van der Waals surface area contributed by atoms with Gasteiger partial charge >= 0.3 is 10.1 Å². The fraction of sp³-hybridized carbons (Fsp3) is 0.0833. The van der Waals surface area contributed by atoms with Gasteiger partial charge in [0.2, 0.25) is 0 Å². The van der Waals surface area contributed by atoms with Crippen LogP contribution < -0.4 is 0 Å². The summed E-state index contributed by atoms with van der Waals surface area (Å²) in [4.78, 5) is 3.35. The molecule has 7 nitrogen and oxygen atoms in total. The van der Waals surface area contributed by atoms with Crippen LogP contribution >= 0.6 is 0 Å². The maximum absolute atomic E-state index is 10.5. The number of pyridine rings is 1. The first-order chi connectivity index (χ1) is 9.60. The predicted octanol–water partition coefficient (Wildman–Crippen LogP) is 1.57. The van der Waals surface area contributed by atoms with Gasteiger partial charge < -0.3 is 0 Å². The summed E-state index contributed by atoms with van der Waals surface area (Å²) >= 11 is 0. The Hall–Kier alpha value is -1.81. The Kier molecular flexibility index (Phi) is 5.55. The second-order valence-electron chi connectivity index (χ2n) is 3.93. The first-order valence-electron chi connectivity index (χ1n) is 5.53. The first-order valence-corrected chi connectivity index (χ1v) is 8.41. The third kappa shape index (κ3) is 6.00. The number of rotatable bonds is 2. The van der Waals surface area contributed by atoms with Gasteiger partial charge in [-0.3, -0.25) is 9.11 Å². The molecule has 0 aliphatic rings. The maximum atomic E-state index is 10.5. The molecule has 0 atom stereocenters. The van der Waals surface area contributed by atoms with Gasteiger partial charge in [-0.1, -0.05) is 23.8 Å². The van der Waals surface area contributed by atoms with Gasteiger partial charge in [-0.15, -0.1) is 0 Å². The lowest BCUT2D eigenvalue weighted by atomic mass is 10.2. The summed E-state index contributed by atoms with van der Waals surface area (Å²) < 4.78 is 58.6. The van der Waals surface area contributed by atoms with Crippen molar-refractivity contribution >= 4 is 20.2 Å².